The number of hydrogen-bond donors (Lipinski definition) is 2. The average molecular weight is 401 g/mol. The highest BCUT2D eigenvalue weighted by Gasteiger charge is 2.44. The number of Topliss-reactive ketones (excluding diaryl/α,β-unsaturated/α-hetero) is 1. The highest BCUT2D eigenvalue weighted by Crippen LogP contribution is 2.39. The van der Waals surface area contributed by atoms with Crippen LogP contribution in [0.1, 0.15) is 29.1 Å². The van der Waals surface area contributed by atoms with E-state index in [2.05, 4.69) is 0 Å². The van der Waals surface area contributed by atoms with Gasteiger partial charge in [0.05, 0.1) is 44.3 Å². The van der Waals surface area contributed by atoms with Gasteiger partial charge in [-0.1, -0.05) is 12.1 Å². The van der Waals surface area contributed by atoms with Gasteiger partial charge in [-0.05, 0) is 36.8 Å². The second-order valence-corrected chi connectivity index (χ2v) is 6.31. The molecule has 1 amide bonds. The lowest BCUT2D eigenvalue weighted by atomic mass is 9.95. The molecule has 1 atom stereocenters. The van der Waals surface area contributed by atoms with Crippen LogP contribution in [0.25, 0.3) is 0 Å². The summed E-state index contributed by atoms with van der Waals surface area (Å²) in [7, 11) is 0. The molecule has 0 fully saturated rings. The van der Waals surface area contributed by atoms with Crippen LogP contribution >= 0.6 is 0 Å². The SMILES string of the molecule is CCOc1ccc([C@@H]2C(C(=O)c3ccco3)=C(O)C(=O)N2CCOCCO)cc1. The summed E-state index contributed by atoms with van der Waals surface area (Å²) in [6.45, 7) is 2.66. The molecule has 2 heterocycles. The first-order valence-corrected chi connectivity index (χ1v) is 9.32. The van der Waals surface area contributed by atoms with Crippen molar-refractivity contribution >= 4 is 11.7 Å². The fourth-order valence-electron chi connectivity index (χ4n) is 3.25. The number of aliphatic hydroxyl groups excluding tert-OH is 2. The molecule has 3 rings (SSSR count). The predicted octanol–water partition coefficient (Wildman–Crippen LogP) is 2.27. The standard InChI is InChI=1S/C21H23NO7/c1-2-28-15-7-5-14(6-8-15)18-17(19(24)16-4-3-11-29-16)20(25)21(26)22(18)9-12-27-13-10-23/h3-8,11,18,23,25H,2,9-10,12-13H2,1H3/t18-/m1/s1. The second kappa shape index (κ2) is 9.40. The van der Waals surface area contributed by atoms with Crippen molar-refractivity contribution in [3.63, 3.8) is 0 Å². The maximum Gasteiger partial charge on any atom is 0.290 e. The van der Waals surface area contributed by atoms with Crippen molar-refractivity contribution in [1.29, 1.82) is 0 Å². The molecule has 0 bridgehead atoms. The number of carbonyl (C=O) groups excluding carboxylic acids is 2. The number of aliphatic hydroxyl groups is 2. The maximum absolute atomic E-state index is 13.0. The van der Waals surface area contributed by atoms with Gasteiger partial charge in [0.25, 0.3) is 5.91 Å². The largest absolute Gasteiger partial charge is 0.503 e. The molecule has 0 radical (unpaired) electrons. The lowest BCUT2D eigenvalue weighted by Crippen LogP contribution is -2.34. The minimum absolute atomic E-state index is 0.0358. The minimum atomic E-state index is -0.798. The Morgan fingerprint density at radius 2 is 1.97 bits per heavy atom. The third kappa shape index (κ3) is 4.33. The molecule has 2 N–H and O–H groups in total. The number of ketones is 1. The first-order chi connectivity index (χ1) is 14.1. The molecule has 2 aromatic rings. The van der Waals surface area contributed by atoms with Gasteiger partial charge in [-0.2, -0.15) is 0 Å². The molecule has 0 saturated carbocycles. The quantitative estimate of drug-likeness (QED) is 0.464. The van der Waals surface area contributed by atoms with Crippen molar-refractivity contribution in [3.05, 3.63) is 65.3 Å². The smallest absolute Gasteiger partial charge is 0.290 e. The maximum atomic E-state index is 13.0. The van der Waals surface area contributed by atoms with E-state index in [1.54, 1.807) is 30.3 Å². The van der Waals surface area contributed by atoms with Gasteiger partial charge in [0.15, 0.2) is 11.5 Å². The summed E-state index contributed by atoms with van der Waals surface area (Å²) in [6.07, 6.45) is 1.36. The highest BCUT2D eigenvalue weighted by molar-refractivity contribution is 6.15. The van der Waals surface area contributed by atoms with Crippen LogP contribution in [0.3, 0.4) is 0 Å². The third-order valence-corrected chi connectivity index (χ3v) is 4.51. The molecule has 0 saturated heterocycles. The molecular formula is C21H23NO7. The molecule has 1 aromatic carbocycles. The highest BCUT2D eigenvalue weighted by atomic mass is 16.5. The van der Waals surface area contributed by atoms with E-state index >= 15 is 0 Å². The Kier molecular flexibility index (Phi) is 6.69. The van der Waals surface area contributed by atoms with E-state index in [4.69, 9.17) is 19.0 Å². The van der Waals surface area contributed by atoms with Crippen LogP contribution in [0, 0.1) is 0 Å². The number of rotatable bonds is 10. The molecule has 8 nitrogen and oxygen atoms in total. The van der Waals surface area contributed by atoms with Crippen LogP contribution < -0.4 is 4.74 Å². The van der Waals surface area contributed by atoms with Gasteiger partial charge in [0.2, 0.25) is 5.78 Å². The summed E-state index contributed by atoms with van der Waals surface area (Å²) in [4.78, 5) is 27.0. The number of ether oxygens (including phenoxy) is 2. The van der Waals surface area contributed by atoms with Gasteiger partial charge in [-0.3, -0.25) is 9.59 Å². The fraction of sp³-hybridized carbons (Fsp3) is 0.333. The van der Waals surface area contributed by atoms with E-state index in [1.807, 2.05) is 6.92 Å². The van der Waals surface area contributed by atoms with E-state index in [1.165, 1.54) is 17.2 Å². The Morgan fingerprint density at radius 1 is 1.21 bits per heavy atom. The zero-order valence-corrected chi connectivity index (χ0v) is 16.0. The number of furan rings is 1. The average Bonchev–Trinajstić information content (AvgIpc) is 3.34. The number of carbonyl (C=O) groups is 2. The zero-order chi connectivity index (χ0) is 20.8. The first kappa shape index (κ1) is 20.6. The van der Waals surface area contributed by atoms with Gasteiger partial charge in [-0.25, -0.2) is 0 Å². The molecule has 1 aromatic heterocycles. The van der Waals surface area contributed by atoms with Crippen LogP contribution in [0.5, 0.6) is 5.75 Å². The fourth-order valence-corrected chi connectivity index (χ4v) is 3.25. The van der Waals surface area contributed by atoms with E-state index < -0.39 is 23.5 Å². The molecule has 0 spiro atoms. The summed E-state index contributed by atoms with van der Waals surface area (Å²) in [5.74, 6) is -1.13. The number of hydrogen-bond acceptors (Lipinski definition) is 7. The van der Waals surface area contributed by atoms with Crippen LogP contribution in [0.2, 0.25) is 0 Å². The van der Waals surface area contributed by atoms with Crippen molar-refractivity contribution in [2.75, 3.05) is 33.0 Å². The Labute approximate surface area is 168 Å². The predicted molar refractivity (Wildman–Crippen MR) is 103 cm³/mol. The Morgan fingerprint density at radius 3 is 2.59 bits per heavy atom. The Hall–Kier alpha value is -3.10. The summed E-state index contributed by atoms with van der Waals surface area (Å²) in [5.41, 5.74) is 0.596. The molecule has 0 unspecified atom stereocenters. The molecular weight excluding hydrogens is 378 g/mol. The molecule has 1 aliphatic heterocycles. The first-order valence-electron chi connectivity index (χ1n) is 9.32. The summed E-state index contributed by atoms with van der Waals surface area (Å²) >= 11 is 0. The molecule has 29 heavy (non-hydrogen) atoms. The van der Waals surface area contributed by atoms with Gasteiger partial charge >= 0.3 is 0 Å². The van der Waals surface area contributed by atoms with E-state index in [0.29, 0.717) is 17.9 Å². The van der Waals surface area contributed by atoms with Crippen molar-refractivity contribution < 1.29 is 33.7 Å². The zero-order valence-electron chi connectivity index (χ0n) is 16.0. The Balaban J connectivity index is 1.95. The Bertz CT molecular complexity index is 871. The van der Waals surface area contributed by atoms with Crippen LogP contribution in [0.4, 0.5) is 0 Å². The monoisotopic (exact) mass is 401 g/mol. The van der Waals surface area contributed by atoms with Crippen LogP contribution in [0.15, 0.2) is 58.4 Å². The van der Waals surface area contributed by atoms with E-state index in [0.717, 1.165) is 0 Å². The summed E-state index contributed by atoms with van der Waals surface area (Å²) in [6, 6.07) is 9.23. The van der Waals surface area contributed by atoms with Crippen molar-refractivity contribution in [2.24, 2.45) is 0 Å². The van der Waals surface area contributed by atoms with E-state index in [-0.39, 0.29) is 37.7 Å². The van der Waals surface area contributed by atoms with Gasteiger partial charge in [-0.15, -0.1) is 0 Å². The number of benzene rings is 1. The van der Waals surface area contributed by atoms with Crippen molar-refractivity contribution in [2.45, 2.75) is 13.0 Å². The normalized spacial score (nSPS) is 16.6. The summed E-state index contributed by atoms with van der Waals surface area (Å²) in [5, 5.41) is 19.3. The molecule has 1 aliphatic rings. The second-order valence-electron chi connectivity index (χ2n) is 6.31. The number of nitrogens with zero attached hydrogens (tertiary/aromatic N) is 1. The van der Waals surface area contributed by atoms with Gasteiger partial charge in [0.1, 0.15) is 5.75 Å². The van der Waals surface area contributed by atoms with Crippen LogP contribution in [-0.2, 0) is 9.53 Å². The van der Waals surface area contributed by atoms with Crippen LogP contribution in [-0.4, -0.2) is 59.8 Å². The lowest BCUT2D eigenvalue weighted by molar-refractivity contribution is -0.130. The molecule has 8 heteroatoms. The summed E-state index contributed by atoms with van der Waals surface area (Å²) < 4.78 is 15.9. The molecule has 0 aliphatic carbocycles. The minimum Gasteiger partial charge on any atom is -0.503 e. The lowest BCUT2D eigenvalue weighted by Gasteiger charge is -2.26. The third-order valence-electron chi connectivity index (χ3n) is 4.51. The van der Waals surface area contributed by atoms with E-state index in [9.17, 15) is 14.7 Å². The molecule has 154 valence electrons. The van der Waals surface area contributed by atoms with Gasteiger partial charge < -0.3 is 29.0 Å². The van der Waals surface area contributed by atoms with Crippen molar-refractivity contribution in [3.8, 4) is 5.75 Å². The topological polar surface area (TPSA) is 109 Å². The van der Waals surface area contributed by atoms with Crippen molar-refractivity contribution in [1.82, 2.24) is 4.90 Å². The van der Waals surface area contributed by atoms with Gasteiger partial charge in [0, 0.05) is 6.54 Å². The number of amides is 1.